The molecule has 0 aliphatic carbocycles. The smallest absolute Gasteiger partial charge is 0.258 e. The fourth-order valence-corrected chi connectivity index (χ4v) is 1.73. The van der Waals surface area contributed by atoms with Crippen molar-refractivity contribution >= 4 is 29.0 Å². The maximum atomic E-state index is 12.2. The normalized spacial score (nSPS) is 10.1. The molecule has 0 fully saturated rings. The number of hydrogen-bond donors (Lipinski definition) is 1. The molecule has 0 bridgehead atoms. The van der Waals surface area contributed by atoms with E-state index in [-0.39, 0.29) is 16.9 Å². The zero-order chi connectivity index (χ0) is 13.1. The summed E-state index contributed by atoms with van der Waals surface area (Å²) < 4.78 is 0. The van der Waals surface area contributed by atoms with Crippen LogP contribution in [0.3, 0.4) is 0 Å². The van der Waals surface area contributed by atoms with Gasteiger partial charge in [0.2, 0.25) is 0 Å². The number of aromatic nitrogens is 2. The number of rotatable bonds is 2. The molecular formula is C12H11ClN4O. The Bertz CT molecular complexity index is 553. The van der Waals surface area contributed by atoms with Crippen molar-refractivity contribution in [3.05, 3.63) is 47.4 Å². The largest absolute Gasteiger partial charge is 0.384 e. The summed E-state index contributed by atoms with van der Waals surface area (Å²) in [6, 6.07) is 6.46. The molecule has 6 heteroatoms. The molecule has 0 radical (unpaired) electrons. The van der Waals surface area contributed by atoms with Gasteiger partial charge in [-0.1, -0.05) is 11.6 Å². The molecule has 1 amide bonds. The lowest BCUT2D eigenvalue weighted by atomic mass is 10.2. The Morgan fingerprint density at radius 2 is 2.00 bits per heavy atom. The van der Waals surface area contributed by atoms with Crippen molar-refractivity contribution in [3.8, 4) is 0 Å². The summed E-state index contributed by atoms with van der Waals surface area (Å²) in [5, 5.41) is 0.196. The summed E-state index contributed by atoms with van der Waals surface area (Å²) in [7, 11) is 1.67. The SMILES string of the molecule is CN(C(=O)c1cc(N)nc(Cl)c1)c1ccncc1. The van der Waals surface area contributed by atoms with Gasteiger partial charge in [-0.3, -0.25) is 9.78 Å². The van der Waals surface area contributed by atoms with Gasteiger partial charge in [0.15, 0.2) is 0 Å². The Morgan fingerprint density at radius 3 is 2.61 bits per heavy atom. The maximum absolute atomic E-state index is 12.2. The zero-order valence-electron chi connectivity index (χ0n) is 9.67. The summed E-state index contributed by atoms with van der Waals surface area (Å²) in [4.78, 5) is 21.4. The average Bonchev–Trinajstić information content (AvgIpc) is 2.37. The first kappa shape index (κ1) is 12.3. The molecule has 0 aliphatic heterocycles. The maximum Gasteiger partial charge on any atom is 0.258 e. The Kier molecular flexibility index (Phi) is 3.43. The highest BCUT2D eigenvalue weighted by molar-refractivity contribution is 6.30. The van der Waals surface area contributed by atoms with Crippen LogP contribution in [0.5, 0.6) is 0 Å². The number of anilines is 2. The number of carbonyl (C=O) groups is 1. The number of amides is 1. The molecule has 2 rings (SSSR count). The van der Waals surface area contributed by atoms with Crippen molar-refractivity contribution < 1.29 is 4.79 Å². The number of nitrogens with two attached hydrogens (primary N) is 1. The van der Waals surface area contributed by atoms with Crippen LogP contribution in [0.1, 0.15) is 10.4 Å². The van der Waals surface area contributed by atoms with Crippen LogP contribution in [0.4, 0.5) is 11.5 Å². The second-order valence-electron chi connectivity index (χ2n) is 3.67. The standard InChI is InChI=1S/C12H11ClN4O/c1-17(9-2-4-15-5-3-9)12(18)8-6-10(13)16-11(14)7-8/h2-7H,1H3,(H2,14,16). The van der Waals surface area contributed by atoms with E-state index in [2.05, 4.69) is 9.97 Å². The predicted octanol–water partition coefficient (Wildman–Crippen LogP) is 1.99. The Morgan fingerprint density at radius 1 is 1.33 bits per heavy atom. The molecule has 0 aliphatic rings. The van der Waals surface area contributed by atoms with E-state index in [1.807, 2.05) is 0 Å². The fourth-order valence-electron chi connectivity index (χ4n) is 1.52. The van der Waals surface area contributed by atoms with Gasteiger partial charge < -0.3 is 10.6 Å². The van der Waals surface area contributed by atoms with Crippen molar-refractivity contribution in [3.63, 3.8) is 0 Å². The van der Waals surface area contributed by atoms with E-state index in [1.165, 1.54) is 17.0 Å². The lowest BCUT2D eigenvalue weighted by Gasteiger charge is -2.17. The first-order valence-corrected chi connectivity index (χ1v) is 5.57. The van der Waals surface area contributed by atoms with Crippen LogP contribution < -0.4 is 10.6 Å². The second-order valence-corrected chi connectivity index (χ2v) is 4.06. The molecule has 2 aromatic heterocycles. The summed E-state index contributed by atoms with van der Waals surface area (Å²) in [6.07, 6.45) is 3.24. The summed E-state index contributed by atoms with van der Waals surface area (Å²) in [5.74, 6) is 0.00572. The predicted molar refractivity (Wildman–Crippen MR) is 70.6 cm³/mol. The lowest BCUT2D eigenvalue weighted by Crippen LogP contribution is -2.26. The molecule has 0 aromatic carbocycles. The van der Waals surface area contributed by atoms with Crippen molar-refractivity contribution in [2.24, 2.45) is 0 Å². The van der Waals surface area contributed by atoms with Gasteiger partial charge in [-0.2, -0.15) is 0 Å². The van der Waals surface area contributed by atoms with Gasteiger partial charge in [0.25, 0.3) is 5.91 Å². The number of nitrogens with zero attached hydrogens (tertiary/aromatic N) is 3. The molecule has 5 nitrogen and oxygen atoms in total. The first-order chi connectivity index (χ1) is 8.58. The van der Waals surface area contributed by atoms with Crippen LogP contribution >= 0.6 is 11.6 Å². The minimum atomic E-state index is -0.211. The molecule has 2 N–H and O–H groups in total. The number of hydrogen-bond acceptors (Lipinski definition) is 4. The van der Waals surface area contributed by atoms with E-state index in [0.29, 0.717) is 5.56 Å². The highest BCUT2D eigenvalue weighted by Crippen LogP contribution is 2.17. The molecule has 2 aromatic rings. The minimum Gasteiger partial charge on any atom is -0.384 e. The Hall–Kier alpha value is -2.14. The number of halogens is 1. The van der Waals surface area contributed by atoms with Crippen LogP contribution in [0.25, 0.3) is 0 Å². The van der Waals surface area contributed by atoms with Crippen LogP contribution in [0.15, 0.2) is 36.7 Å². The second kappa shape index (κ2) is 5.01. The van der Waals surface area contributed by atoms with Gasteiger partial charge in [0, 0.05) is 30.7 Å². The summed E-state index contributed by atoms with van der Waals surface area (Å²) >= 11 is 5.77. The van der Waals surface area contributed by atoms with Gasteiger partial charge in [-0.15, -0.1) is 0 Å². The first-order valence-electron chi connectivity index (χ1n) is 5.19. The summed E-state index contributed by atoms with van der Waals surface area (Å²) in [6.45, 7) is 0. The van der Waals surface area contributed by atoms with Crippen LogP contribution in [0, 0.1) is 0 Å². The van der Waals surface area contributed by atoms with Crippen LogP contribution in [-0.2, 0) is 0 Å². The monoisotopic (exact) mass is 262 g/mol. The van der Waals surface area contributed by atoms with E-state index in [9.17, 15) is 4.79 Å². The van der Waals surface area contributed by atoms with E-state index in [0.717, 1.165) is 5.69 Å². The van der Waals surface area contributed by atoms with Crippen molar-refractivity contribution in [1.29, 1.82) is 0 Å². The molecule has 0 atom stereocenters. The molecule has 2 heterocycles. The van der Waals surface area contributed by atoms with E-state index in [4.69, 9.17) is 17.3 Å². The van der Waals surface area contributed by atoms with Gasteiger partial charge in [0.05, 0.1) is 0 Å². The Labute approximate surface area is 109 Å². The molecule has 0 saturated heterocycles. The van der Waals surface area contributed by atoms with Gasteiger partial charge in [-0.25, -0.2) is 4.98 Å². The van der Waals surface area contributed by atoms with E-state index < -0.39 is 0 Å². The van der Waals surface area contributed by atoms with Gasteiger partial charge in [-0.05, 0) is 24.3 Å². The third-order valence-corrected chi connectivity index (χ3v) is 2.61. The topological polar surface area (TPSA) is 72.1 Å². The van der Waals surface area contributed by atoms with Gasteiger partial charge in [0.1, 0.15) is 11.0 Å². The molecule has 0 saturated carbocycles. The Balaban J connectivity index is 2.31. The quantitative estimate of drug-likeness (QED) is 0.840. The summed E-state index contributed by atoms with van der Waals surface area (Å²) in [5.41, 5.74) is 6.69. The molecule has 92 valence electrons. The molecule has 18 heavy (non-hydrogen) atoms. The van der Waals surface area contributed by atoms with Crippen molar-refractivity contribution in [1.82, 2.24) is 9.97 Å². The highest BCUT2D eigenvalue weighted by Gasteiger charge is 2.14. The van der Waals surface area contributed by atoms with Crippen molar-refractivity contribution in [2.75, 3.05) is 17.7 Å². The van der Waals surface area contributed by atoms with Gasteiger partial charge >= 0.3 is 0 Å². The number of carbonyl (C=O) groups excluding carboxylic acids is 1. The third kappa shape index (κ3) is 2.57. The van der Waals surface area contributed by atoms with Crippen LogP contribution in [-0.4, -0.2) is 22.9 Å². The van der Waals surface area contributed by atoms with Crippen molar-refractivity contribution in [2.45, 2.75) is 0 Å². The third-order valence-electron chi connectivity index (χ3n) is 2.42. The molecule has 0 spiro atoms. The van der Waals surface area contributed by atoms with E-state index in [1.54, 1.807) is 31.6 Å². The minimum absolute atomic E-state index is 0.196. The van der Waals surface area contributed by atoms with E-state index >= 15 is 0 Å². The number of nitrogen functional groups attached to an aromatic ring is 1. The zero-order valence-corrected chi connectivity index (χ0v) is 10.4. The fraction of sp³-hybridized carbons (Fsp3) is 0.0833. The number of pyridine rings is 2. The average molecular weight is 263 g/mol. The molecular weight excluding hydrogens is 252 g/mol. The lowest BCUT2D eigenvalue weighted by molar-refractivity contribution is 0.0993. The molecule has 0 unspecified atom stereocenters. The highest BCUT2D eigenvalue weighted by atomic mass is 35.5. The van der Waals surface area contributed by atoms with Crippen LogP contribution in [0.2, 0.25) is 5.15 Å².